The SMILES string of the molecule is C=CC(CCl)=N/C(C=C)=C(\C)C=C. The summed E-state index contributed by atoms with van der Waals surface area (Å²) in [6.07, 6.45) is 5.04. The van der Waals surface area contributed by atoms with Gasteiger partial charge >= 0.3 is 0 Å². The number of nitrogens with zero attached hydrogens (tertiary/aromatic N) is 1. The van der Waals surface area contributed by atoms with Crippen LogP contribution in [0.4, 0.5) is 0 Å². The van der Waals surface area contributed by atoms with Crippen molar-refractivity contribution in [3.63, 3.8) is 0 Å². The van der Waals surface area contributed by atoms with Crippen LogP contribution in [0.2, 0.25) is 0 Å². The Labute approximate surface area is 84.8 Å². The number of alkyl halides is 1. The fourth-order valence-electron chi connectivity index (χ4n) is 0.684. The van der Waals surface area contributed by atoms with E-state index in [1.54, 1.807) is 18.2 Å². The zero-order valence-electron chi connectivity index (χ0n) is 7.89. The van der Waals surface area contributed by atoms with Gasteiger partial charge in [-0.15, -0.1) is 11.6 Å². The van der Waals surface area contributed by atoms with Crippen LogP contribution < -0.4 is 0 Å². The molecular formula is C11H14ClN. The first-order valence-corrected chi connectivity index (χ1v) is 4.44. The predicted molar refractivity (Wildman–Crippen MR) is 61.4 cm³/mol. The summed E-state index contributed by atoms with van der Waals surface area (Å²) >= 11 is 5.63. The molecule has 0 radical (unpaired) electrons. The Morgan fingerprint density at radius 2 is 1.85 bits per heavy atom. The lowest BCUT2D eigenvalue weighted by Gasteiger charge is -2.00. The van der Waals surface area contributed by atoms with Gasteiger partial charge in [0.15, 0.2) is 0 Å². The molecule has 0 rings (SSSR count). The van der Waals surface area contributed by atoms with Crippen LogP contribution in [-0.2, 0) is 0 Å². The molecule has 1 nitrogen and oxygen atoms in total. The van der Waals surface area contributed by atoms with Crippen molar-refractivity contribution in [3.8, 4) is 0 Å². The van der Waals surface area contributed by atoms with Gasteiger partial charge in [0.25, 0.3) is 0 Å². The first kappa shape index (κ1) is 11.9. The molecular weight excluding hydrogens is 182 g/mol. The van der Waals surface area contributed by atoms with Crippen LogP contribution in [0.3, 0.4) is 0 Å². The lowest BCUT2D eigenvalue weighted by atomic mass is 10.2. The molecule has 0 aromatic carbocycles. The van der Waals surface area contributed by atoms with Crippen molar-refractivity contribution in [1.82, 2.24) is 0 Å². The maximum absolute atomic E-state index is 5.63. The molecule has 0 aromatic heterocycles. The topological polar surface area (TPSA) is 12.4 Å². The minimum Gasteiger partial charge on any atom is -0.252 e. The average Bonchev–Trinajstić information content (AvgIpc) is 2.19. The molecule has 2 heteroatoms. The van der Waals surface area contributed by atoms with Crippen molar-refractivity contribution in [2.24, 2.45) is 4.99 Å². The van der Waals surface area contributed by atoms with Crippen LogP contribution in [0, 0.1) is 0 Å². The largest absolute Gasteiger partial charge is 0.252 e. The molecule has 0 bridgehead atoms. The van der Waals surface area contributed by atoms with Crippen molar-refractivity contribution in [2.45, 2.75) is 6.92 Å². The van der Waals surface area contributed by atoms with E-state index in [2.05, 4.69) is 24.7 Å². The van der Waals surface area contributed by atoms with E-state index in [9.17, 15) is 0 Å². The highest BCUT2D eigenvalue weighted by molar-refractivity contribution is 6.30. The van der Waals surface area contributed by atoms with Crippen LogP contribution in [0.25, 0.3) is 0 Å². The highest BCUT2D eigenvalue weighted by atomic mass is 35.5. The summed E-state index contributed by atoms with van der Waals surface area (Å²) in [6.45, 7) is 12.8. The molecule has 0 saturated heterocycles. The zero-order valence-corrected chi connectivity index (χ0v) is 8.64. The van der Waals surface area contributed by atoms with Crippen molar-refractivity contribution < 1.29 is 0 Å². The van der Waals surface area contributed by atoms with E-state index in [0.29, 0.717) is 5.88 Å². The molecule has 0 aromatic rings. The molecule has 0 N–H and O–H groups in total. The first-order valence-electron chi connectivity index (χ1n) is 3.91. The maximum atomic E-state index is 5.63. The summed E-state index contributed by atoms with van der Waals surface area (Å²) < 4.78 is 0. The minimum atomic E-state index is 0.352. The molecule has 13 heavy (non-hydrogen) atoms. The van der Waals surface area contributed by atoms with Gasteiger partial charge in [0.1, 0.15) is 0 Å². The third-order valence-corrected chi connectivity index (χ3v) is 1.81. The van der Waals surface area contributed by atoms with Gasteiger partial charge in [-0.25, -0.2) is 0 Å². The first-order chi connectivity index (χ1) is 6.19. The Bertz CT molecular complexity index is 272. The quantitative estimate of drug-likeness (QED) is 0.362. The number of hydrogen-bond donors (Lipinski definition) is 0. The Balaban J connectivity index is 5.01. The summed E-state index contributed by atoms with van der Waals surface area (Å²) in [6, 6.07) is 0. The zero-order chi connectivity index (χ0) is 10.3. The summed E-state index contributed by atoms with van der Waals surface area (Å²) in [4.78, 5) is 4.26. The van der Waals surface area contributed by atoms with E-state index in [-0.39, 0.29) is 0 Å². The van der Waals surface area contributed by atoms with Crippen molar-refractivity contribution in [1.29, 1.82) is 0 Å². The smallest absolute Gasteiger partial charge is 0.0656 e. The van der Waals surface area contributed by atoms with Gasteiger partial charge in [0.2, 0.25) is 0 Å². The molecule has 0 heterocycles. The van der Waals surface area contributed by atoms with Gasteiger partial charge in [0, 0.05) is 0 Å². The monoisotopic (exact) mass is 195 g/mol. The second-order valence-electron chi connectivity index (χ2n) is 2.42. The molecule has 0 aliphatic heterocycles. The highest BCUT2D eigenvalue weighted by Crippen LogP contribution is 2.08. The second kappa shape index (κ2) is 6.44. The van der Waals surface area contributed by atoms with Gasteiger partial charge in [0.05, 0.1) is 17.3 Å². The van der Waals surface area contributed by atoms with Crippen LogP contribution in [-0.4, -0.2) is 11.6 Å². The van der Waals surface area contributed by atoms with Gasteiger partial charge in [-0.3, -0.25) is 4.99 Å². The summed E-state index contributed by atoms with van der Waals surface area (Å²) in [5.74, 6) is 0.352. The number of hydrogen-bond acceptors (Lipinski definition) is 1. The summed E-state index contributed by atoms with van der Waals surface area (Å²) in [5, 5.41) is 0. The van der Waals surface area contributed by atoms with Crippen LogP contribution >= 0.6 is 11.6 Å². The van der Waals surface area contributed by atoms with Gasteiger partial charge in [-0.1, -0.05) is 25.8 Å². The number of aliphatic imine (C=N–C) groups is 1. The number of allylic oxidation sites excluding steroid dienone is 4. The molecule has 0 fully saturated rings. The average molecular weight is 196 g/mol. The molecule has 70 valence electrons. The van der Waals surface area contributed by atoms with E-state index in [1.807, 2.05) is 6.92 Å². The Morgan fingerprint density at radius 1 is 1.23 bits per heavy atom. The third-order valence-electron chi connectivity index (χ3n) is 1.54. The standard InChI is InChI=1S/C11H14ClN/c1-5-9(4)11(7-3)13-10(6-2)8-12/h5-7H,1-3,8H2,4H3/b11-9+,13-10?. The third kappa shape index (κ3) is 3.90. The van der Waals surface area contributed by atoms with Crippen LogP contribution in [0.1, 0.15) is 6.92 Å². The van der Waals surface area contributed by atoms with Crippen molar-refractivity contribution >= 4 is 17.3 Å². The summed E-state index contributed by atoms with van der Waals surface area (Å²) in [7, 11) is 0. The lowest BCUT2D eigenvalue weighted by molar-refractivity contribution is 1.31. The molecule has 0 aliphatic rings. The van der Waals surface area contributed by atoms with Crippen LogP contribution in [0.5, 0.6) is 0 Å². The fraction of sp³-hybridized carbons (Fsp3) is 0.182. The Morgan fingerprint density at radius 3 is 2.15 bits per heavy atom. The van der Waals surface area contributed by atoms with Crippen molar-refractivity contribution in [2.75, 3.05) is 5.88 Å². The van der Waals surface area contributed by atoms with Crippen molar-refractivity contribution in [3.05, 3.63) is 49.2 Å². The predicted octanol–water partition coefficient (Wildman–Crippen LogP) is 3.50. The van der Waals surface area contributed by atoms with Gasteiger partial charge < -0.3 is 0 Å². The highest BCUT2D eigenvalue weighted by Gasteiger charge is 1.95. The lowest BCUT2D eigenvalue weighted by Crippen LogP contribution is -1.95. The molecule has 0 unspecified atom stereocenters. The van der Waals surface area contributed by atoms with E-state index in [4.69, 9.17) is 11.6 Å². The molecule has 0 amide bonds. The van der Waals surface area contributed by atoms with E-state index < -0.39 is 0 Å². The normalized spacial score (nSPS) is 13.2. The Hall–Kier alpha value is -1.08. The summed E-state index contributed by atoms with van der Waals surface area (Å²) in [5.41, 5.74) is 2.49. The van der Waals surface area contributed by atoms with E-state index >= 15 is 0 Å². The molecule has 0 saturated carbocycles. The number of halogens is 1. The molecule has 0 spiro atoms. The molecule has 0 atom stereocenters. The second-order valence-corrected chi connectivity index (χ2v) is 2.68. The van der Waals surface area contributed by atoms with E-state index in [1.165, 1.54) is 0 Å². The Kier molecular flexibility index (Phi) is 5.90. The van der Waals surface area contributed by atoms with Gasteiger partial charge in [-0.05, 0) is 24.6 Å². The minimum absolute atomic E-state index is 0.352. The van der Waals surface area contributed by atoms with Gasteiger partial charge in [-0.2, -0.15) is 0 Å². The number of rotatable bonds is 5. The maximum Gasteiger partial charge on any atom is 0.0656 e. The molecule has 0 aliphatic carbocycles. The van der Waals surface area contributed by atoms with E-state index in [0.717, 1.165) is 17.0 Å². The fourth-order valence-corrected chi connectivity index (χ4v) is 0.853. The van der Waals surface area contributed by atoms with Crippen LogP contribution in [0.15, 0.2) is 54.2 Å².